The highest BCUT2D eigenvalue weighted by atomic mass is 16.5. The van der Waals surface area contributed by atoms with E-state index in [1.807, 2.05) is 11.9 Å². The van der Waals surface area contributed by atoms with Crippen molar-refractivity contribution >= 4 is 11.6 Å². The third-order valence-electron chi connectivity index (χ3n) is 4.39. The topological polar surface area (TPSA) is 41.6 Å². The van der Waals surface area contributed by atoms with Crippen LogP contribution in [-0.2, 0) is 16.0 Å². The Morgan fingerprint density at radius 1 is 1.40 bits per heavy atom. The number of carbonyl (C=O) groups excluding carboxylic acids is 1. The molecule has 0 saturated carbocycles. The molecule has 3 rings (SSSR count). The highest BCUT2D eigenvalue weighted by Crippen LogP contribution is 2.30. The number of aryl methyl sites for hydroxylation is 2. The zero-order valence-corrected chi connectivity index (χ0v) is 12.2. The standard InChI is InChI=1S/C16H22N2O2/c1-11-5-6-15-12(8-11)4-3-7-18(15)16(19)13-9-20-10-14(13)17-2/h5-6,8,13-14,17H,3-4,7,9-10H2,1-2H3. The first-order valence-electron chi connectivity index (χ1n) is 7.36. The third-order valence-corrected chi connectivity index (χ3v) is 4.39. The summed E-state index contributed by atoms with van der Waals surface area (Å²) in [6, 6.07) is 6.52. The van der Waals surface area contributed by atoms with Crippen molar-refractivity contribution in [3.63, 3.8) is 0 Å². The Kier molecular flexibility index (Phi) is 3.76. The quantitative estimate of drug-likeness (QED) is 0.889. The molecule has 108 valence electrons. The van der Waals surface area contributed by atoms with E-state index in [0.29, 0.717) is 13.2 Å². The number of nitrogens with zero attached hydrogens (tertiary/aromatic N) is 1. The van der Waals surface area contributed by atoms with Gasteiger partial charge in [0, 0.05) is 18.3 Å². The van der Waals surface area contributed by atoms with Crippen molar-refractivity contribution in [1.82, 2.24) is 5.32 Å². The summed E-state index contributed by atoms with van der Waals surface area (Å²) < 4.78 is 5.47. The highest BCUT2D eigenvalue weighted by Gasteiger charge is 2.37. The number of hydrogen-bond donors (Lipinski definition) is 1. The molecule has 1 fully saturated rings. The molecule has 2 aliphatic heterocycles. The third kappa shape index (κ3) is 2.34. The van der Waals surface area contributed by atoms with Crippen LogP contribution in [0.1, 0.15) is 17.5 Å². The van der Waals surface area contributed by atoms with Crippen molar-refractivity contribution in [1.29, 1.82) is 0 Å². The second kappa shape index (κ2) is 5.54. The van der Waals surface area contributed by atoms with E-state index in [1.165, 1.54) is 11.1 Å². The molecule has 1 saturated heterocycles. The number of carbonyl (C=O) groups is 1. The van der Waals surface area contributed by atoms with Crippen molar-refractivity contribution in [2.45, 2.75) is 25.8 Å². The van der Waals surface area contributed by atoms with E-state index >= 15 is 0 Å². The van der Waals surface area contributed by atoms with Gasteiger partial charge in [0.05, 0.1) is 19.1 Å². The van der Waals surface area contributed by atoms with Crippen molar-refractivity contribution in [2.75, 3.05) is 31.7 Å². The molecule has 20 heavy (non-hydrogen) atoms. The molecular formula is C16H22N2O2. The van der Waals surface area contributed by atoms with Crippen LogP contribution < -0.4 is 10.2 Å². The Hall–Kier alpha value is -1.39. The van der Waals surface area contributed by atoms with Crippen molar-refractivity contribution in [3.8, 4) is 0 Å². The largest absolute Gasteiger partial charge is 0.379 e. The number of likely N-dealkylation sites (N-methyl/N-ethyl adjacent to an activating group) is 1. The minimum absolute atomic E-state index is 0.0627. The maximum absolute atomic E-state index is 12.8. The molecule has 0 aromatic heterocycles. The molecule has 2 aliphatic rings. The highest BCUT2D eigenvalue weighted by molar-refractivity contribution is 5.97. The number of hydrogen-bond acceptors (Lipinski definition) is 3. The second-order valence-corrected chi connectivity index (χ2v) is 5.76. The first-order valence-corrected chi connectivity index (χ1v) is 7.36. The Balaban J connectivity index is 1.87. The predicted octanol–water partition coefficient (Wildman–Crippen LogP) is 1.51. The van der Waals surface area contributed by atoms with Gasteiger partial charge in [-0.05, 0) is 38.4 Å². The number of fused-ring (bicyclic) bond motifs is 1. The van der Waals surface area contributed by atoms with Crippen molar-refractivity contribution in [2.24, 2.45) is 5.92 Å². The zero-order chi connectivity index (χ0) is 14.1. The molecule has 2 atom stereocenters. The van der Waals surface area contributed by atoms with E-state index < -0.39 is 0 Å². The summed E-state index contributed by atoms with van der Waals surface area (Å²) in [7, 11) is 1.90. The van der Waals surface area contributed by atoms with Gasteiger partial charge in [-0.15, -0.1) is 0 Å². The fourth-order valence-corrected chi connectivity index (χ4v) is 3.24. The minimum atomic E-state index is -0.0627. The molecule has 0 spiro atoms. The summed E-state index contributed by atoms with van der Waals surface area (Å²) >= 11 is 0. The Morgan fingerprint density at radius 2 is 2.25 bits per heavy atom. The summed E-state index contributed by atoms with van der Waals surface area (Å²) in [5.74, 6) is 0.138. The smallest absolute Gasteiger partial charge is 0.234 e. The zero-order valence-electron chi connectivity index (χ0n) is 12.2. The van der Waals surface area contributed by atoms with Gasteiger partial charge in [0.25, 0.3) is 0 Å². The molecule has 1 aromatic carbocycles. The molecule has 4 nitrogen and oxygen atoms in total. The number of benzene rings is 1. The lowest BCUT2D eigenvalue weighted by Gasteiger charge is -2.32. The molecule has 2 heterocycles. The Bertz CT molecular complexity index is 515. The monoisotopic (exact) mass is 274 g/mol. The number of ether oxygens (including phenoxy) is 1. The first kappa shape index (κ1) is 13.6. The van der Waals surface area contributed by atoms with Crippen LogP contribution in [0.4, 0.5) is 5.69 Å². The van der Waals surface area contributed by atoms with Gasteiger partial charge in [-0.25, -0.2) is 0 Å². The van der Waals surface area contributed by atoms with Gasteiger partial charge in [-0.1, -0.05) is 17.7 Å². The summed E-state index contributed by atoms with van der Waals surface area (Å²) in [5, 5.41) is 3.19. The van der Waals surface area contributed by atoms with Crippen LogP contribution in [0.5, 0.6) is 0 Å². The molecule has 1 N–H and O–H groups in total. The second-order valence-electron chi connectivity index (χ2n) is 5.76. The van der Waals surface area contributed by atoms with Gasteiger partial charge in [-0.3, -0.25) is 4.79 Å². The van der Waals surface area contributed by atoms with Crippen LogP contribution in [0.15, 0.2) is 18.2 Å². The minimum Gasteiger partial charge on any atom is -0.379 e. The van der Waals surface area contributed by atoms with Crippen LogP contribution in [0.3, 0.4) is 0 Å². The van der Waals surface area contributed by atoms with Crippen LogP contribution in [-0.4, -0.2) is 38.8 Å². The van der Waals surface area contributed by atoms with Gasteiger partial charge in [0.1, 0.15) is 0 Å². The summed E-state index contributed by atoms with van der Waals surface area (Å²) in [5.41, 5.74) is 3.65. The van der Waals surface area contributed by atoms with Gasteiger partial charge < -0.3 is 15.0 Å². The average Bonchev–Trinajstić information content (AvgIpc) is 2.94. The lowest BCUT2D eigenvalue weighted by molar-refractivity contribution is -0.122. The molecule has 1 aromatic rings. The number of nitrogens with one attached hydrogen (secondary N) is 1. The number of anilines is 1. The van der Waals surface area contributed by atoms with Crippen LogP contribution in [0.25, 0.3) is 0 Å². The SMILES string of the molecule is CNC1COCC1C(=O)N1CCCc2cc(C)ccc21. The van der Waals surface area contributed by atoms with E-state index in [9.17, 15) is 4.79 Å². The maximum atomic E-state index is 12.8. The predicted molar refractivity (Wildman–Crippen MR) is 79.0 cm³/mol. The summed E-state index contributed by atoms with van der Waals surface area (Å²) in [6.07, 6.45) is 2.11. The maximum Gasteiger partial charge on any atom is 0.234 e. The molecular weight excluding hydrogens is 252 g/mol. The Labute approximate surface area is 120 Å². The fourth-order valence-electron chi connectivity index (χ4n) is 3.24. The first-order chi connectivity index (χ1) is 9.70. The van der Waals surface area contributed by atoms with Crippen molar-refractivity contribution < 1.29 is 9.53 Å². The van der Waals surface area contributed by atoms with E-state index in [-0.39, 0.29) is 17.9 Å². The lowest BCUT2D eigenvalue weighted by atomic mass is 9.96. The van der Waals surface area contributed by atoms with E-state index in [1.54, 1.807) is 0 Å². The van der Waals surface area contributed by atoms with E-state index in [0.717, 1.165) is 25.1 Å². The van der Waals surface area contributed by atoms with Gasteiger partial charge in [0.2, 0.25) is 5.91 Å². The van der Waals surface area contributed by atoms with Gasteiger partial charge in [-0.2, -0.15) is 0 Å². The van der Waals surface area contributed by atoms with Crippen molar-refractivity contribution in [3.05, 3.63) is 29.3 Å². The fraction of sp³-hybridized carbons (Fsp3) is 0.562. The summed E-state index contributed by atoms with van der Waals surface area (Å²) in [4.78, 5) is 14.8. The van der Waals surface area contributed by atoms with Gasteiger partial charge in [0.15, 0.2) is 0 Å². The van der Waals surface area contributed by atoms with Crippen LogP contribution in [0, 0.1) is 12.8 Å². The molecule has 0 radical (unpaired) electrons. The van der Waals surface area contributed by atoms with Crippen LogP contribution >= 0.6 is 0 Å². The lowest BCUT2D eigenvalue weighted by Crippen LogP contribution is -2.46. The molecule has 4 heteroatoms. The van der Waals surface area contributed by atoms with Gasteiger partial charge >= 0.3 is 0 Å². The normalized spacial score (nSPS) is 25.6. The van der Waals surface area contributed by atoms with E-state index in [4.69, 9.17) is 4.74 Å². The summed E-state index contributed by atoms with van der Waals surface area (Å²) in [6.45, 7) is 4.08. The number of amides is 1. The van der Waals surface area contributed by atoms with Crippen LogP contribution in [0.2, 0.25) is 0 Å². The van der Waals surface area contributed by atoms with E-state index in [2.05, 4.69) is 30.4 Å². The molecule has 2 unspecified atom stereocenters. The molecule has 0 aliphatic carbocycles. The number of rotatable bonds is 2. The Morgan fingerprint density at radius 3 is 3.05 bits per heavy atom. The average molecular weight is 274 g/mol. The molecule has 1 amide bonds. The molecule has 0 bridgehead atoms.